The maximum Gasteiger partial charge on any atom is 0.273 e. The second-order valence-electron chi connectivity index (χ2n) is 5.39. The minimum atomic E-state index is -4.05. The number of benzene rings is 2. The molecule has 12 heteroatoms. The maximum absolute atomic E-state index is 12.7. The molecule has 0 aliphatic rings. The highest BCUT2D eigenvalue weighted by Gasteiger charge is 2.22. The molecule has 0 saturated carbocycles. The zero-order valence-electron chi connectivity index (χ0n) is 14.2. The monoisotopic (exact) mass is 390 g/mol. The quantitative estimate of drug-likeness (QED) is 0.495. The van der Waals surface area contributed by atoms with Crippen molar-refractivity contribution in [1.29, 1.82) is 0 Å². The van der Waals surface area contributed by atoms with E-state index < -0.39 is 14.9 Å². The second-order valence-corrected chi connectivity index (χ2v) is 7.04. The van der Waals surface area contributed by atoms with Crippen LogP contribution in [0.5, 0.6) is 5.75 Å². The SMILES string of the molecule is COc1cc([N+](=O)[O-])ccc1S(=O)(=O)Nc1cccc(-n2nnnc2C)c1. The molecule has 0 atom stereocenters. The maximum atomic E-state index is 12.7. The number of non-ortho nitro benzene ring substituents is 1. The highest BCUT2D eigenvalue weighted by Crippen LogP contribution is 2.30. The topological polar surface area (TPSA) is 142 Å². The molecule has 3 rings (SSSR count). The van der Waals surface area contributed by atoms with Gasteiger partial charge in [0.25, 0.3) is 15.7 Å². The summed E-state index contributed by atoms with van der Waals surface area (Å²) in [5.41, 5.74) is 0.554. The van der Waals surface area contributed by atoms with Crippen LogP contribution in [0.2, 0.25) is 0 Å². The van der Waals surface area contributed by atoms with E-state index in [2.05, 4.69) is 20.2 Å². The lowest BCUT2D eigenvalue weighted by Crippen LogP contribution is -2.14. The fourth-order valence-electron chi connectivity index (χ4n) is 2.37. The molecular weight excluding hydrogens is 376 g/mol. The Balaban J connectivity index is 1.96. The van der Waals surface area contributed by atoms with Crippen molar-refractivity contribution in [2.24, 2.45) is 0 Å². The molecular formula is C15H14N6O5S. The summed E-state index contributed by atoms with van der Waals surface area (Å²) in [5, 5.41) is 22.0. The molecule has 0 aliphatic heterocycles. The van der Waals surface area contributed by atoms with Crippen LogP contribution in [0, 0.1) is 17.0 Å². The Kier molecular flexibility index (Phi) is 4.73. The summed E-state index contributed by atoms with van der Waals surface area (Å²) < 4.78 is 34.3. The molecule has 0 bridgehead atoms. The summed E-state index contributed by atoms with van der Waals surface area (Å²) in [6, 6.07) is 9.73. The molecule has 2 aromatic carbocycles. The fraction of sp³-hybridized carbons (Fsp3) is 0.133. The number of nitrogens with zero attached hydrogens (tertiary/aromatic N) is 5. The molecule has 0 saturated heterocycles. The molecule has 140 valence electrons. The number of tetrazole rings is 1. The smallest absolute Gasteiger partial charge is 0.273 e. The van der Waals surface area contributed by atoms with Gasteiger partial charge < -0.3 is 4.74 Å². The number of aromatic nitrogens is 4. The van der Waals surface area contributed by atoms with E-state index in [0.717, 1.165) is 18.2 Å². The predicted octanol–water partition coefficient (Wildman–Crippen LogP) is 1.69. The summed E-state index contributed by atoms with van der Waals surface area (Å²) >= 11 is 0. The average molecular weight is 390 g/mol. The van der Waals surface area contributed by atoms with Gasteiger partial charge in [-0.25, -0.2) is 8.42 Å². The van der Waals surface area contributed by atoms with E-state index in [1.54, 1.807) is 31.2 Å². The number of aryl methyl sites for hydroxylation is 1. The van der Waals surface area contributed by atoms with Crippen molar-refractivity contribution >= 4 is 21.4 Å². The van der Waals surface area contributed by atoms with E-state index in [9.17, 15) is 18.5 Å². The van der Waals surface area contributed by atoms with E-state index in [4.69, 9.17) is 4.74 Å². The summed E-state index contributed by atoms with van der Waals surface area (Å²) in [4.78, 5) is 10.0. The lowest BCUT2D eigenvalue weighted by atomic mass is 10.3. The number of nitrogens with one attached hydrogen (secondary N) is 1. The van der Waals surface area contributed by atoms with Gasteiger partial charge in [-0.15, -0.1) is 5.10 Å². The van der Waals surface area contributed by atoms with Gasteiger partial charge >= 0.3 is 0 Å². The van der Waals surface area contributed by atoms with Crippen molar-refractivity contribution in [3.8, 4) is 11.4 Å². The molecule has 1 heterocycles. The molecule has 1 N–H and O–H groups in total. The van der Waals surface area contributed by atoms with E-state index in [1.165, 1.54) is 11.8 Å². The normalized spacial score (nSPS) is 11.2. The van der Waals surface area contributed by atoms with Crippen molar-refractivity contribution in [3.05, 3.63) is 58.4 Å². The Hall–Kier alpha value is -3.54. The van der Waals surface area contributed by atoms with E-state index in [-0.39, 0.29) is 22.0 Å². The highest BCUT2D eigenvalue weighted by atomic mass is 32.2. The zero-order chi connectivity index (χ0) is 19.6. The van der Waals surface area contributed by atoms with Crippen LogP contribution >= 0.6 is 0 Å². The third-order valence-electron chi connectivity index (χ3n) is 3.62. The third-order valence-corrected chi connectivity index (χ3v) is 5.04. The van der Waals surface area contributed by atoms with Crippen LogP contribution in [0.4, 0.5) is 11.4 Å². The number of hydrogen-bond acceptors (Lipinski definition) is 8. The van der Waals surface area contributed by atoms with Crippen LogP contribution in [-0.4, -0.2) is 40.7 Å². The zero-order valence-corrected chi connectivity index (χ0v) is 15.0. The average Bonchev–Trinajstić information content (AvgIpc) is 3.07. The summed E-state index contributed by atoms with van der Waals surface area (Å²) in [5.74, 6) is 0.399. The van der Waals surface area contributed by atoms with Crippen molar-refractivity contribution in [2.45, 2.75) is 11.8 Å². The predicted molar refractivity (Wildman–Crippen MR) is 94.3 cm³/mol. The first-order chi connectivity index (χ1) is 12.8. The fourth-order valence-corrected chi connectivity index (χ4v) is 3.57. The van der Waals surface area contributed by atoms with Crippen LogP contribution in [-0.2, 0) is 10.0 Å². The molecule has 0 spiro atoms. The number of nitro groups is 1. The minimum Gasteiger partial charge on any atom is -0.495 e. The van der Waals surface area contributed by atoms with E-state index in [0.29, 0.717) is 11.5 Å². The number of hydrogen-bond donors (Lipinski definition) is 1. The number of sulfonamides is 1. The van der Waals surface area contributed by atoms with Crippen molar-refractivity contribution in [3.63, 3.8) is 0 Å². The van der Waals surface area contributed by atoms with Gasteiger partial charge in [0.15, 0.2) is 5.82 Å². The lowest BCUT2D eigenvalue weighted by Gasteiger charge is -2.12. The molecule has 0 radical (unpaired) electrons. The standard InChI is InChI=1S/C15H14N6O5S/c1-10-16-18-19-20(10)12-5-3-4-11(8-12)17-27(24,25)15-7-6-13(21(22)23)9-14(15)26-2/h3-9,17H,1-2H3. The first-order valence-electron chi connectivity index (χ1n) is 7.52. The molecule has 1 aromatic heterocycles. The first-order valence-corrected chi connectivity index (χ1v) is 9.01. The van der Waals surface area contributed by atoms with Crippen molar-refractivity contribution in [1.82, 2.24) is 20.2 Å². The molecule has 0 fully saturated rings. The Morgan fingerprint density at radius 3 is 2.63 bits per heavy atom. The van der Waals surface area contributed by atoms with Gasteiger partial charge in [0.05, 0.1) is 29.5 Å². The molecule has 0 aliphatic carbocycles. The second kappa shape index (κ2) is 6.99. The van der Waals surface area contributed by atoms with Gasteiger partial charge in [0.1, 0.15) is 10.6 Å². The molecule has 11 nitrogen and oxygen atoms in total. The summed E-state index contributed by atoms with van der Waals surface area (Å²) in [7, 11) is -2.82. The number of ether oxygens (including phenoxy) is 1. The van der Waals surface area contributed by atoms with Gasteiger partial charge in [-0.3, -0.25) is 14.8 Å². The number of nitro benzene ring substituents is 1. The minimum absolute atomic E-state index is 0.135. The van der Waals surface area contributed by atoms with Gasteiger partial charge in [-0.1, -0.05) is 6.07 Å². The van der Waals surface area contributed by atoms with Crippen LogP contribution in [0.3, 0.4) is 0 Å². The Morgan fingerprint density at radius 1 is 1.22 bits per heavy atom. The largest absolute Gasteiger partial charge is 0.495 e. The number of methoxy groups -OCH3 is 1. The van der Waals surface area contributed by atoms with Gasteiger partial charge in [0.2, 0.25) is 0 Å². The Morgan fingerprint density at radius 2 is 2.00 bits per heavy atom. The van der Waals surface area contributed by atoms with Gasteiger partial charge in [0, 0.05) is 6.07 Å². The summed E-state index contributed by atoms with van der Waals surface area (Å²) in [6.45, 7) is 1.71. The number of rotatable bonds is 6. The Bertz CT molecular complexity index is 1110. The van der Waals surface area contributed by atoms with Crippen LogP contribution < -0.4 is 9.46 Å². The first kappa shape index (κ1) is 18.3. The highest BCUT2D eigenvalue weighted by molar-refractivity contribution is 7.92. The van der Waals surface area contributed by atoms with Crippen LogP contribution in [0.25, 0.3) is 5.69 Å². The van der Waals surface area contributed by atoms with Crippen molar-refractivity contribution < 1.29 is 18.1 Å². The lowest BCUT2D eigenvalue weighted by molar-refractivity contribution is -0.385. The van der Waals surface area contributed by atoms with Gasteiger partial charge in [-0.2, -0.15) is 4.68 Å². The van der Waals surface area contributed by atoms with E-state index >= 15 is 0 Å². The van der Waals surface area contributed by atoms with Crippen molar-refractivity contribution in [2.75, 3.05) is 11.8 Å². The molecule has 3 aromatic rings. The molecule has 27 heavy (non-hydrogen) atoms. The molecule has 0 unspecified atom stereocenters. The van der Waals surface area contributed by atoms with Gasteiger partial charge in [-0.05, 0) is 41.6 Å². The number of anilines is 1. The van der Waals surface area contributed by atoms with E-state index in [1.807, 2.05) is 0 Å². The molecule has 0 amide bonds. The van der Waals surface area contributed by atoms with Crippen LogP contribution in [0.1, 0.15) is 5.82 Å². The summed E-state index contributed by atoms with van der Waals surface area (Å²) in [6.07, 6.45) is 0. The van der Waals surface area contributed by atoms with Crippen LogP contribution in [0.15, 0.2) is 47.4 Å². The Labute approximate surface area is 153 Å². The third kappa shape index (κ3) is 3.69.